The topological polar surface area (TPSA) is 71.3 Å². The van der Waals surface area contributed by atoms with Crippen molar-refractivity contribution in [1.82, 2.24) is 10.6 Å². The van der Waals surface area contributed by atoms with Gasteiger partial charge in [-0.2, -0.15) is 0 Å². The van der Waals surface area contributed by atoms with Crippen LogP contribution < -0.4 is 10.6 Å². The van der Waals surface area contributed by atoms with Gasteiger partial charge in [-0.05, 0) is 37.3 Å². The summed E-state index contributed by atoms with van der Waals surface area (Å²) in [4.78, 5) is 22.8. The molecule has 1 aromatic carbocycles. The lowest BCUT2D eigenvalue weighted by Gasteiger charge is -2.01. The van der Waals surface area contributed by atoms with E-state index in [4.69, 9.17) is 4.42 Å². The minimum atomic E-state index is -0.417. The highest BCUT2D eigenvalue weighted by atomic mass is 19.1. The second kappa shape index (κ2) is 7.93. The van der Waals surface area contributed by atoms with Crippen LogP contribution in [0.15, 0.2) is 46.9 Å². The average Bonchev–Trinajstić information content (AvgIpc) is 3.00. The number of halogens is 1. The zero-order chi connectivity index (χ0) is 16.7. The quantitative estimate of drug-likeness (QED) is 0.804. The molecular weight excluding hydrogens is 299 g/mol. The predicted molar refractivity (Wildman–Crippen MR) is 84.8 cm³/mol. The molecule has 1 aromatic heterocycles. The molecule has 0 fully saturated rings. The van der Waals surface area contributed by atoms with Crippen LogP contribution >= 0.6 is 0 Å². The maximum absolute atomic E-state index is 13.7. The summed E-state index contributed by atoms with van der Waals surface area (Å²) >= 11 is 0. The van der Waals surface area contributed by atoms with Gasteiger partial charge in [-0.3, -0.25) is 9.59 Å². The Morgan fingerprint density at radius 2 is 1.96 bits per heavy atom. The number of likely N-dealkylation sites (N-methyl/N-ethyl adjacent to an activating group) is 1. The highest BCUT2D eigenvalue weighted by Crippen LogP contribution is 2.25. The number of amides is 2. The van der Waals surface area contributed by atoms with Gasteiger partial charge in [0, 0.05) is 12.6 Å². The van der Waals surface area contributed by atoms with Gasteiger partial charge in [0.05, 0.1) is 12.1 Å². The summed E-state index contributed by atoms with van der Waals surface area (Å²) in [6.45, 7) is 2.22. The second-order valence-corrected chi connectivity index (χ2v) is 4.69. The highest BCUT2D eigenvalue weighted by Gasteiger charge is 2.08. The SMILES string of the molecule is CCNC(=O)CNC(=O)/C=C/c1ccc(-c2ccccc2F)o1. The number of nitrogens with one attached hydrogen (secondary N) is 2. The first-order valence-corrected chi connectivity index (χ1v) is 7.17. The molecule has 2 aromatic rings. The molecule has 0 spiro atoms. The minimum Gasteiger partial charge on any atom is -0.457 e. The molecule has 2 N–H and O–H groups in total. The van der Waals surface area contributed by atoms with E-state index < -0.39 is 5.91 Å². The predicted octanol–water partition coefficient (Wildman–Crippen LogP) is 2.35. The summed E-state index contributed by atoms with van der Waals surface area (Å²) in [7, 11) is 0. The van der Waals surface area contributed by atoms with E-state index >= 15 is 0 Å². The van der Waals surface area contributed by atoms with Gasteiger partial charge in [0.25, 0.3) is 0 Å². The first-order chi connectivity index (χ1) is 11.1. The molecular formula is C17H17FN2O3. The fourth-order valence-electron chi connectivity index (χ4n) is 1.89. The highest BCUT2D eigenvalue weighted by molar-refractivity contribution is 5.94. The fraction of sp³-hybridized carbons (Fsp3) is 0.176. The van der Waals surface area contributed by atoms with Gasteiger partial charge in [0.1, 0.15) is 17.3 Å². The Hall–Kier alpha value is -2.89. The van der Waals surface area contributed by atoms with Gasteiger partial charge in [-0.15, -0.1) is 0 Å². The molecule has 0 saturated heterocycles. The van der Waals surface area contributed by atoms with E-state index in [1.54, 1.807) is 37.3 Å². The van der Waals surface area contributed by atoms with Gasteiger partial charge in [0.15, 0.2) is 0 Å². The van der Waals surface area contributed by atoms with Gasteiger partial charge >= 0.3 is 0 Å². The first-order valence-electron chi connectivity index (χ1n) is 7.17. The molecule has 6 heteroatoms. The Bertz CT molecular complexity index is 722. The van der Waals surface area contributed by atoms with Crippen molar-refractivity contribution in [3.63, 3.8) is 0 Å². The Morgan fingerprint density at radius 3 is 2.70 bits per heavy atom. The normalized spacial score (nSPS) is 10.7. The molecule has 5 nitrogen and oxygen atoms in total. The fourth-order valence-corrected chi connectivity index (χ4v) is 1.89. The largest absolute Gasteiger partial charge is 0.457 e. The third kappa shape index (κ3) is 4.81. The summed E-state index contributed by atoms with van der Waals surface area (Å²) in [5, 5.41) is 5.02. The molecule has 0 saturated carbocycles. The van der Waals surface area contributed by atoms with E-state index in [9.17, 15) is 14.0 Å². The zero-order valence-electron chi connectivity index (χ0n) is 12.6. The molecule has 0 unspecified atom stereocenters. The van der Waals surface area contributed by atoms with Gasteiger partial charge in [0.2, 0.25) is 11.8 Å². The summed E-state index contributed by atoms with van der Waals surface area (Å²) in [6.07, 6.45) is 2.71. The molecule has 0 bridgehead atoms. The molecule has 0 aliphatic heterocycles. The summed E-state index contributed by atoms with van der Waals surface area (Å²) in [5.74, 6) is -0.256. The molecule has 120 valence electrons. The van der Waals surface area contributed by atoms with Crippen LogP contribution in [-0.2, 0) is 9.59 Å². The van der Waals surface area contributed by atoms with Crippen molar-refractivity contribution in [1.29, 1.82) is 0 Å². The maximum Gasteiger partial charge on any atom is 0.244 e. The van der Waals surface area contributed by atoms with Crippen molar-refractivity contribution in [2.24, 2.45) is 0 Å². The van der Waals surface area contributed by atoms with E-state index in [0.29, 0.717) is 23.6 Å². The number of rotatable bonds is 6. The molecule has 23 heavy (non-hydrogen) atoms. The number of carbonyl (C=O) groups is 2. The van der Waals surface area contributed by atoms with Crippen LogP contribution in [0.3, 0.4) is 0 Å². The van der Waals surface area contributed by atoms with Crippen LogP contribution in [0.25, 0.3) is 17.4 Å². The first kappa shape index (κ1) is 16.5. The number of carbonyl (C=O) groups excluding carboxylic acids is 2. The van der Waals surface area contributed by atoms with Crippen LogP contribution in [0.5, 0.6) is 0 Å². The monoisotopic (exact) mass is 316 g/mol. The van der Waals surface area contributed by atoms with Crippen LogP contribution in [0.4, 0.5) is 4.39 Å². The average molecular weight is 316 g/mol. The summed E-state index contributed by atoms with van der Waals surface area (Å²) < 4.78 is 19.1. The molecule has 0 aliphatic carbocycles. The summed E-state index contributed by atoms with van der Waals surface area (Å²) in [6, 6.07) is 9.54. The lowest BCUT2D eigenvalue weighted by atomic mass is 10.1. The maximum atomic E-state index is 13.7. The molecule has 2 amide bonds. The molecule has 0 radical (unpaired) electrons. The number of furan rings is 1. The number of hydrogen-bond donors (Lipinski definition) is 2. The van der Waals surface area contributed by atoms with E-state index in [1.807, 2.05) is 0 Å². The molecule has 2 rings (SSSR count). The van der Waals surface area contributed by atoms with Crippen molar-refractivity contribution in [2.45, 2.75) is 6.92 Å². The third-order valence-corrected chi connectivity index (χ3v) is 2.96. The Morgan fingerprint density at radius 1 is 1.17 bits per heavy atom. The van der Waals surface area contributed by atoms with Gasteiger partial charge < -0.3 is 15.1 Å². The van der Waals surface area contributed by atoms with E-state index in [0.717, 1.165) is 0 Å². The van der Waals surface area contributed by atoms with Crippen LogP contribution in [0.1, 0.15) is 12.7 Å². The van der Waals surface area contributed by atoms with Crippen molar-refractivity contribution in [3.8, 4) is 11.3 Å². The zero-order valence-corrected chi connectivity index (χ0v) is 12.6. The standard InChI is InChI=1S/C17H17FN2O3/c1-2-19-17(22)11-20-16(21)10-8-12-7-9-15(23-12)13-5-3-4-6-14(13)18/h3-10H,2,11H2,1H3,(H,19,22)(H,20,21)/b10-8+. The lowest BCUT2D eigenvalue weighted by Crippen LogP contribution is -2.35. The molecule has 0 atom stereocenters. The van der Waals surface area contributed by atoms with Crippen LogP contribution in [0, 0.1) is 5.82 Å². The minimum absolute atomic E-state index is 0.0877. The number of hydrogen-bond acceptors (Lipinski definition) is 3. The van der Waals surface area contributed by atoms with Crippen LogP contribution in [0.2, 0.25) is 0 Å². The van der Waals surface area contributed by atoms with E-state index in [2.05, 4.69) is 10.6 Å². The van der Waals surface area contributed by atoms with Gasteiger partial charge in [-0.25, -0.2) is 4.39 Å². The Kier molecular flexibility index (Phi) is 5.68. The van der Waals surface area contributed by atoms with Crippen molar-refractivity contribution in [3.05, 3.63) is 54.1 Å². The van der Waals surface area contributed by atoms with E-state index in [1.165, 1.54) is 18.2 Å². The smallest absolute Gasteiger partial charge is 0.244 e. The third-order valence-electron chi connectivity index (χ3n) is 2.96. The molecule has 0 aliphatic rings. The summed E-state index contributed by atoms with van der Waals surface area (Å²) in [5.41, 5.74) is 0.354. The lowest BCUT2D eigenvalue weighted by molar-refractivity contribution is -0.123. The van der Waals surface area contributed by atoms with Crippen molar-refractivity contribution >= 4 is 17.9 Å². The van der Waals surface area contributed by atoms with Crippen molar-refractivity contribution in [2.75, 3.05) is 13.1 Å². The molecule has 1 heterocycles. The van der Waals surface area contributed by atoms with Crippen molar-refractivity contribution < 1.29 is 18.4 Å². The number of benzene rings is 1. The second-order valence-electron chi connectivity index (χ2n) is 4.69. The Labute approximate surface area is 133 Å². The Balaban J connectivity index is 1.95. The van der Waals surface area contributed by atoms with E-state index in [-0.39, 0.29) is 18.3 Å². The van der Waals surface area contributed by atoms with Crippen LogP contribution in [-0.4, -0.2) is 24.9 Å². The van der Waals surface area contributed by atoms with Gasteiger partial charge in [-0.1, -0.05) is 12.1 Å².